The maximum absolute atomic E-state index is 4.26. The number of hydrogen-bond donors (Lipinski definition) is 1. The van der Waals surface area contributed by atoms with Crippen molar-refractivity contribution in [1.82, 2.24) is 9.78 Å². The van der Waals surface area contributed by atoms with Crippen LogP contribution < -0.4 is 5.32 Å². The Kier molecular flexibility index (Phi) is 3.73. The van der Waals surface area contributed by atoms with E-state index in [4.69, 9.17) is 0 Å². The highest BCUT2D eigenvalue weighted by atomic mass is 15.3. The Bertz CT molecular complexity index is 730. The van der Waals surface area contributed by atoms with Crippen LogP contribution in [0.15, 0.2) is 60.9 Å². The zero-order chi connectivity index (χ0) is 14.7. The molecule has 1 heterocycles. The minimum absolute atomic E-state index is 0.823. The maximum Gasteiger partial charge on any atom is 0.0666 e. The monoisotopic (exact) mass is 277 g/mol. The van der Waals surface area contributed by atoms with Crippen LogP contribution in [0.25, 0.3) is 5.69 Å². The summed E-state index contributed by atoms with van der Waals surface area (Å²) in [4.78, 5) is 0. The van der Waals surface area contributed by atoms with Crippen molar-refractivity contribution in [1.29, 1.82) is 0 Å². The fourth-order valence-corrected chi connectivity index (χ4v) is 2.30. The molecule has 0 aliphatic rings. The fourth-order valence-electron chi connectivity index (χ4n) is 2.30. The van der Waals surface area contributed by atoms with E-state index in [1.54, 1.807) is 6.20 Å². The molecule has 3 heteroatoms. The van der Waals surface area contributed by atoms with Gasteiger partial charge in [-0.2, -0.15) is 5.10 Å². The quantitative estimate of drug-likeness (QED) is 0.778. The number of aryl methyl sites for hydroxylation is 2. The standard InChI is InChI=1S/C18H19N3/c1-14-7-8-16(11-15(14)2)13-19-17-5-3-6-18(12-17)21-10-4-9-20-21/h3-12,19H,13H2,1-2H3. The molecule has 0 radical (unpaired) electrons. The van der Waals surface area contributed by atoms with Crippen molar-refractivity contribution < 1.29 is 0 Å². The first-order valence-corrected chi connectivity index (χ1v) is 7.12. The van der Waals surface area contributed by atoms with Gasteiger partial charge in [-0.05, 0) is 54.8 Å². The molecule has 3 nitrogen and oxygen atoms in total. The molecule has 0 spiro atoms. The van der Waals surface area contributed by atoms with Crippen LogP contribution in [0, 0.1) is 13.8 Å². The van der Waals surface area contributed by atoms with E-state index in [0.717, 1.165) is 17.9 Å². The molecular weight excluding hydrogens is 258 g/mol. The van der Waals surface area contributed by atoms with Crippen molar-refractivity contribution >= 4 is 5.69 Å². The summed E-state index contributed by atoms with van der Waals surface area (Å²) in [5.74, 6) is 0. The molecule has 106 valence electrons. The fraction of sp³-hybridized carbons (Fsp3) is 0.167. The number of nitrogens with one attached hydrogen (secondary N) is 1. The van der Waals surface area contributed by atoms with Crippen LogP contribution >= 0.6 is 0 Å². The minimum atomic E-state index is 0.823. The molecule has 0 saturated carbocycles. The van der Waals surface area contributed by atoms with Gasteiger partial charge in [0.2, 0.25) is 0 Å². The molecule has 0 fully saturated rings. The molecule has 0 aliphatic heterocycles. The zero-order valence-corrected chi connectivity index (χ0v) is 12.4. The van der Waals surface area contributed by atoms with E-state index >= 15 is 0 Å². The van der Waals surface area contributed by atoms with E-state index in [1.165, 1.54) is 16.7 Å². The Balaban J connectivity index is 1.73. The highest BCUT2D eigenvalue weighted by molar-refractivity contribution is 5.51. The first-order valence-electron chi connectivity index (χ1n) is 7.12. The van der Waals surface area contributed by atoms with Crippen molar-refractivity contribution in [3.8, 4) is 5.69 Å². The van der Waals surface area contributed by atoms with Crippen molar-refractivity contribution in [3.05, 3.63) is 77.6 Å². The van der Waals surface area contributed by atoms with Gasteiger partial charge in [-0.25, -0.2) is 4.68 Å². The smallest absolute Gasteiger partial charge is 0.0666 e. The number of aromatic nitrogens is 2. The topological polar surface area (TPSA) is 29.9 Å². The number of anilines is 1. The second-order valence-electron chi connectivity index (χ2n) is 5.27. The Morgan fingerprint density at radius 1 is 1.00 bits per heavy atom. The molecule has 2 aromatic carbocycles. The van der Waals surface area contributed by atoms with Gasteiger partial charge in [0.15, 0.2) is 0 Å². The molecule has 21 heavy (non-hydrogen) atoms. The van der Waals surface area contributed by atoms with Gasteiger partial charge in [0, 0.05) is 24.6 Å². The van der Waals surface area contributed by atoms with Crippen molar-refractivity contribution in [2.75, 3.05) is 5.32 Å². The van der Waals surface area contributed by atoms with Crippen LogP contribution in [-0.2, 0) is 6.54 Å². The van der Waals surface area contributed by atoms with Crippen LogP contribution in [0.4, 0.5) is 5.69 Å². The number of benzene rings is 2. The Morgan fingerprint density at radius 2 is 1.90 bits per heavy atom. The molecule has 0 amide bonds. The summed E-state index contributed by atoms with van der Waals surface area (Å²) in [5, 5.41) is 7.72. The van der Waals surface area contributed by atoms with E-state index in [9.17, 15) is 0 Å². The van der Waals surface area contributed by atoms with E-state index < -0.39 is 0 Å². The third-order valence-corrected chi connectivity index (χ3v) is 3.68. The van der Waals surface area contributed by atoms with Crippen LogP contribution in [-0.4, -0.2) is 9.78 Å². The highest BCUT2D eigenvalue weighted by Gasteiger charge is 2.00. The first kappa shape index (κ1) is 13.4. The lowest BCUT2D eigenvalue weighted by atomic mass is 10.1. The lowest BCUT2D eigenvalue weighted by Gasteiger charge is -2.10. The van der Waals surface area contributed by atoms with Crippen LogP contribution in [0.2, 0.25) is 0 Å². The van der Waals surface area contributed by atoms with Crippen LogP contribution in [0.3, 0.4) is 0 Å². The predicted molar refractivity (Wildman–Crippen MR) is 86.8 cm³/mol. The molecule has 1 N–H and O–H groups in total. The third kappa shape index (κ3) is 3.14. The Morgan fingerprint density at radius 3 is 2.67 bits per heavy atom. The van der Waals surface area contributed by atoms with E-state index in [0.29, 0.717) is 0 Å². The first-order chi connectivity index (χ1) is 10.2. The van der Waals surface area contributed by atoms with Gasteiger partial charge in [-0.15, -0.1) is 0 Å². The summed E-state index contributed by atoms with van der Waals surface area (Å²) in [7, 11) is 0. The molecule has 0 unspecified atom stereocenters. The van der Waals surface area contributed by atoms with Crippen LogP contribution in [0.5, 0.6) is 0 Å². The van der Waals surface area contributed by atoms with Crippen molar-refractivity contribution in [3.63, 3.8) is 0 Å². The summed E-state index contributed by atoms with van der Waals surface area (Å²) >= 11 is 0. The number of rotatable bonds is 4. The molecule has 0 bridgehead atoms. The minimum Gasteiger partial charge on any atom is -0.381 e. The normalized spacial score (nSPS) is 10.6. The molecular formula is C18H19N3. The molecule has 3 aromatic rings. The van der Waals surface area contributed by atoms with Gasteiger partial charge in [0.05, 0.1) is 5.69 Å². The van der Waals surface area contributed by atoms with Crippen molar-refractivity contribution in [2.24, 2.45) is 0 Å². The Labute approximate surface area is 125 Å². The summed E-state index contributed by atoms with van der Waals surface area (Å²) in [6.45, 7) is 5.11. The average molecular weight is 277 g/mol. The average Bonchev–Trinajstić information content (AvgIpc) is 3.03. The van der Waals surface area contributed by atoms with Gasteiger partial charge in [0.1, 0.15) is 0 Å². The second-order valence-corrected chi connectivity index (χ2v) is 5.27. The lowest BCUT2D eigenvalue weighted by Crippen LogP contribution is -2.01. The van der Waals surface area contributed by atoms with Crippen molar-refractivity contribution in [2.45, 2.75) is 20.4 Å². The molecule has 1 aromatic heterocycles. The Hall–Kier alpha value is -2.55. The SMILES string of the molecule is Cc1ccc(CNc2cccc(-n3cccn3)c2)cc1C. The van der Waals surface area contributed by atoms with E-state index in [1.807, 2.05) is 29.1 Å². The van der Waals surface area contributed by atoms with Gasteiger partial charge >= 0.3 is 0 Å². The number of hydrogen-bond acceptors (Lipinski definition) is 2. The number of nitrogens with zero attached hydrogens (tertiary/aromatic N) is 2. The summed E-state index contributed by atoms with van der Waals surface area (Å²) in [5.41, 5.74) is 6.12. The second kappa shape index (κ2) is 5.83. The maximum atomic E-state index is 4.26. The van der Waals surface area contributed by atoms with Gasteiger partial charge in [0.25, 0.3) is 0 Å². The molecule has 0 aliphatic carbocycles. The molecule has 0 atom stereocenters. The highest BCUT2D eigenvalue weighted by Crippen LogP contribution is 2.16. The van der Waals surface area contributed by atoms with Crippen LogP contribution in [0.1, 0.15) is 16.7 Å². The van der Waals surface area contributed by atoms with E-state index in [2.05, 4.69) is 54.6 Å². The van der Waals surface area contributed by atoms with E-state index in [-0.39, 0.29) is 0 Å². The largest absolute Gasteiger partial charge is 0.381 e. The van der Waals surface area contributed by atoms with Gasteiger partial charge < -0.3 is 5.32 Å². The van der Waals surface area contributed by atoms with Gasteiger partial charge in [-0.1, -0.05) is 24.3 Å². The predicted octanol–water partition coefficient (Wildman–Crippen LogP) is 4.10. The summed E-state index contributed by atoms with van der Waals surface area (Å²) < 4.78 is 1.86. The summed E-state index contributed by atoms with van der Waals surface area (Å²) in [6, 6.07) is 16.8. The molecule has 0 saturated heterocycles. The van der Waals surface area contributed by atoms with Gasteiger partial charge in [-0.3, -0.25) is 0 Å². The summed E-state index contributed by atoms with van der Waals surface area (Å²) in [6.07, 6.45) is 3.73. The zero-order valence-electron chi connectivity index (χ0n) is 12.4. The lowest BCUT2D eigenvalue weighted by molar-refractivity contribution is 0.880. The third-order valence-electron chi connectivity index (χ3n) is 3.68. The molecule has 3 rings (SSSR count).